The van der Waals surface area contributed by atoms with Crippen LogP contribution in [0.5, 0.6) is 0 Å². The third kappa shape index (κ3) is 2.13. The first kappa shape index (κ1) is 10.5. The Morgan fingerprint density at radius 3 is 2.67 bits per heavy atom. The first-order valence-electron chi connectivity index (χ1n) is 5.43. The molecule has 0 aromatic heterocycles. The molecule has 2 aliphatic carbocycles. The summed E-state index contributed by atoms with van der Waals surface area (Å²) in [6, 6.07) is 0. The summed E-state index contributed by atoms with van der Waals surface area (Å²) >= 11 is 0. The van der Waals surface area contributed by atoms with E-state index in [0.29, 0.717) is 30.8 Å². The standard InChI is InChI=1S/C11H16O4/c1-7(13)15-11-4-8-2-9(11)3-10(8)5-14-6-12/h6,8-11H,2-5H2,1H3. The number of hydrogen-bond donors (Lipinski definition) is 0. The Bertz CT molecular complexity index is 263. The van der Waals surface area contributed by atoms with Gasteiger partial charge in [0, 0.05) is 6.92 Å². The summed E-state index contributed by atoms with van der Waals surface area (Å²) in [4.78, 5) is 20.9. The lowest BCUT2D eigenvalue weighted by Gasteiger charge is -2.26. The third-order valence-corrected chi connectivity index (χ3v) is 3.63. The zero-order valence-corrected chi connectivity index (χ0v) is 8.85. The lowest BCUT2D eigenvalue weighted by Crippen LogP contribution is -2.28. The van der Waals surface area contributed by atoms with Crippen molar-refractivity contribution >= 4 is 12.4 Å². The maximum absolute atomic E-state index is 10.8. The van der Waals surface area contributed by atoms with Gasteiger partial charge in [0.1, 0.15) is 6.10 Å². The number of carbonyl (C=O) groups is 2. The fourth-order valence-corrected chi connectivity index (χ4v) is 3.07. The smallest absolute Gasteiger partial charge is 0.302 e. The van der Waals surface area contributed by atoms with E-state index >= 15 is 0 Å². The van der Waals surface area contributed by atoms with Crippen molar-refractivity contribution in [1.29, 1.82) is 0 Å². The van der Waals surface area contributed by atoms with E-state index in [1.165, 1.54) is 6.92 Å². The van der Waals surface area contributed by atoms with Crippen molar-refractivity contribution in [1.82, 2.24) is 0 Å². The highest BCUT2D eigenvalue weighted by Gasteiger charge is 2.47. The fraction of sp³-hybridized carbons (Fsp3) is 0.818. The molecule has 4 atom stereocenters. The van der Waals surface area contributed by atoms with Crippen molar-refractivity contribution < 1.29 is 19.1 Å². The highest BCUT2D eigenvalue weighted by Crippen LogP contribution is 2.49. The molecule has 0 saturated heterocycles. The highest BCUT2D eigenvalue weighted by molar-refractivity contribution is 5.66. The Morgan fingerprint density at radius 2 is 2.13 bits per heavy atom. The molecule has 0 radical (unpaired) electrons. The minimum atomic E-state index is -0.187. The molecule has 2 aliphatic rings. The maximum Gasteiger partial charge on any atom is 0.302 e. The van der Waals surface area contributed by atoms with Crippen LogP contribution in [0.2, 0.25) is 0 Å². The molecule has 15 heavy (non-hydrogen) atoms. The summed E-state index contributed by atoms with van der Waals surface area (Å²) in [5, 5.41) is 0. The number of esters is 1. The van der Waals surface area contributed by atoms with Crippen molar-refractivity contribution in [2.45, 2.75) is 32.3 Å². The Labute approximate surface area is 88.9 Å². The van der Waals surface area contributed by atoms with Crippen molar-refractivity contribution in [2.75, 3.05) is 6.61 Å². The number of hydrogen-bond acceptors (Lipinski definition) is 4. The van der Waals surface area contributed by atoms with Crippen LogP contribution in [-0.2, 0) is 19.1 Å². The van der Waals surface area contributed by atoms with Gasteiger partial charge >= 0.3 is 5.97 Å². The van der Waals surface area contributed by atoms with Gasteiger partial charge in [0.25, 0.3) is 6.47 Å². The van der Waals surface area contributed by atoms with E-state index in [1.807, 2.05) is 0 Å². The minimum Gasteiger partial charge on any atom is -0.468 e. The Morgan fingerprint density at radius 1 is 1.33 bits per heavy atom. The van der Waals surface area contributed by atoms with Gasteiger partial charge in [-0.1, -0.05) is 0 Å². The molecule has 0 spiro atoms. The number of rotatable bonds is 4. The molecule has 0 aromatic rings. The predicted octanol–water partition coefficient (Wildman–Crippen LogP) is 1.14. The van der Waals surface area contributed by atoms with Crippen LogP contribution in [0.3, 0.4) is 0 Å². The first-order valence-corrected chi connectivity index (χ1v) is 5.43. The molecular formula is C11H16O4. The van der Waals surface area contributed by atoms with Crippen LogP contribution in [0.1, 0.15) is 26.2 Å². The second kappa shape index (κ2) is 4.21. The molecule has 0 amide bonds. The Balaban J connectivity index is 1.83. The number of fused-ring (bicyclic) bond motifs is 2. The van der Waals surface area contributed by atoms with Crippen molar-refractivity contribution in [3.05, 3.63) is 0 Å². The van der Waals surface area contributed by atoms with Crippen LogP contribution in [0.4, 0.5) is 0 Å². The van der Waals surface area contributed by atoms with E-state index in [1.54, 1.807) is 0 Å². The van der Waals surface area contributed by atoms with Gasteiger partial charge in [-0.3, -0.25) is 9.59 Å². The number of carbonyl (C=O) groups excluding carboxylic acids is 2. The molecule has 0 heterocycles. The zero-order chi connectivity index (χ0) is 10.8. The second-order valence-electron chi connectivity index (χ2n) is 4.56. The Hall–Kier alpha value is -1.06. The van der Waals surface area contributed by atoms with Gasteiger partial charge in [0.05, 0.1) is 6.61 Å². The van der Waals surface area contributed by atoms with Crippen LogP contribution < -0.4 is 0 Å². The molecule has 84 valence electrons. The molecule has 2 saturated carbocycles. The van der Waals surface area contributed by atoms with E-state index in [2.05, 4.69) is 0 Å². The van der Waals surface area contributed by atoms with Gasteiger partial charge in [0.15, 0.2) is 0 Å². The number of ether oxygens (including phenoxy) is 2. The fourth-order valence-electron chi connectivity index (χ4n) is 3.07. The SMILES string of the molecule is CC(=O)OC1CC2CC1CC2COC=O. The summed E-state index contributed by atoms with van der Waals surface area (Å²) in [6.45, 7) is 2.49. The predicted molar refractivity (Wildman–Crippen MR) is 51.9 cm³/mol. The van der Waals surface area contributed by atoms with Crippen LogP contribution in [0.25, 0.3) is 0 Å². The summed E-state index contributed by atoms with van der Waals surface area (Å²) < 4.78 is 10.0. The van der Waals surface area contributed by atoms with Crippen LogP contribution in [-0.4, -0.2) is 25.2 Å². The van der Waals surface area contributed by atoms with Gasteiger partial charge in [0.2, 0.25) is 0 Å². The van der Waals surface area contributed by atoms with Gasteiger partial charge in [-0.05, 0) is 37.0 Å². The zero-order valence-electron chi connectivity index (χ0n) is 8.85. The first-order chi connectivity index (χ1) is 7.20. The average molecular weight is 212 g/mol. The third-order valence-electron chi connectivity index (χ3n) is 3.63. The summed E-state index contributed by atoms with van der Waals surface area (Å²) in [6.07, 6.45) is 3.19. The molecule has 4 nitrogen and oxygen atoms in total. The van der Waals surface area contributed by atoms with E-state index in [9.17, 15) is 9.59 Å². The van der Waals surface area contributed by atoms with Gasteiger partial charge in [-0.25, -0.2) is 0 Å². The molecular weight excluding hydrogens is 196 g/mol. The van der Waals surface area contributed by atoms with E-state index in [4.69, 9.17) is 9.47 Å². The highest BCUT2D eigenvalue weighted by atomic mass is 16.5. The average Bonchev–Trinajstić information content (AvgIpc) is 2.72. The molecule has 4 unspecified atom stereocenters. The molecule has 2 bridgehead atoms. The molecule has 2 rings (SSSR count). The van der Waals surface area contributed by atoms with E-state index in [-0.39, 0.29) is 12.1 Å². The molecule has 2 fully saturated rings. The van der Waals surface area contributed by atoms with Crippen LogP contribution in [0.15, 0.2) is 0 Å². The molecule has 0 N–H and O–H groups in total. The second-order valence-corrected chi connectivity index (χ2v) is 4.56. The monoisotopic (exact) mass is 212 g/mol. The van der Waals surface area contributed by atoms with Crippen LogP contribution in [0, 0.1) is 17.8 Å². The minimum absolute atomic E-state index is 0.111. The van der Waals surface area contributed by atoms with Gasteiger partial charge < -0.3 is 9.47 Å². The van der Waals surface area contributed by atoms with Crippen molar-refractivity contribution in [2.24, 2.45) is 17.8 Å². The van der Waals surface area contributed by atoms with E-state index < -0.39 is 0 Å². The van der Waals surface area contributed by atoms with Crippen molar-refractivity contribution in [3.8, 4) is 0 Å². The Kier molecular flexibility index (Phi) is 2.93. The lowest BCUT2D eigenvalue weighted by atomic mass is 9.88. The van der Waals surface area contributed by atoms with Gasteiger partial charge in [-0.2, -0.15) is 0 Å². The summed E-state index contributed by atoms with van der Waals surface area (Å²) in [7, 11) is 0. The molecule has 0 aromatic carbocycles. The van der Waals surface area contributed by atoms with Gasteiger partial charge in [-0.15, -0.1) is 0 Å². The lowest BCUT2D eigenvalue weighted by molar-refractivity contribution is -0.149. The topological polar surface area (TPSA) is 52.6 Å². The normalized spacial score (nSPS) is 37.7. The summed E-state index contributed by atoms with van der Waals surface area (Å²) in [5.74, 6) is 1.35. The van der Waals surface area contributed by atoms with E-state index in [0.717, 1.165) is 19.3 Å². The molecule has 0 aliphatic heterocycles. The quantitative estimate of drug-likeness (QED) is 0.518. The van der Waals surface area contributed by atoms with Crippen LogP contribution >= 0.6 is 0 Å². The van der Waals surface area contributed by atoms with Crippen molar-refractivity contribution in [3.63, 3.8) is 0 Å². The largest absolute Gasteiger partial charge is 0.468 e. The molecule has 4 heteroatoms. The maximum atomic E-state index is 10.8. The summed E-state index contributed by atoms with van der Waals surface area (Å²) in [5.41, 5.74) is 0.